The quantitative estimate of drug-likeness (QED) is 0.734. The van der Waals surface area contributed by atoms with Crippen LogP contribution < -0.4 is 5.32 Å². The molecule has 2 aliphatic heterocycles. The summed E-state index contributed by atoms with van der Waals surface area (Å²) in [5, 5.41) is 3.28. The van der Waals surface area contributed by atoms with E-state index in [1.807, 2.05) is 11.9 Å². The van der Waals surface area contributed by atoms with Gasteiger partial charge < -0.3 is 15.1 Å². The number of piperidine rings is 1. The van der Waals surface area contributed by atoms with Crippen LogP contribution in [0.2, 0.25) is 0 Å². The molecule has 0 aromatic heterocycles. The van der Waals surface area contributed by atoms with Crippen LogP contribution in [-0.4, -0.2) is 61.5 Å². The number of hydrogen-bond donors (Lipinski definition) is 1. The summed E-state index contributed by atoms with van der Waals surface area (Å²) in [6.07, 6.45) is 4.50. The molecule has 4 heteroatoms. The van der Waals surface area contributed by atoms with Gasteiger partial charge in [-0.2, -0.15) is 0 Å². The first kappa shape index (κ1) is 11.9. The van der Waals surface area contributed by atoms with E-state index in [1.54, 1.807) is 0 Å². The third-order valence-corrected chi connectivity index (χ3v) is 3.85. The van der Waals surface area contributed by atoms with E-state index in [-0.39, 0.29) is 11.9 Å². The molecular weight excluding hydrogens is 202 g/mol. The van der Waals surface area contributed by atoms with Gasteiger partial charge in [-0.1, -0.05) is 0 Å². The molecule has 0 spiro atoms. The molecule has 0 aromatic carbocycles. The van der Waals surface area contributed by atoms with E-state index >= 15 is 0 Å². The molecule has 1 N–H and O–H groups in total. The Morgan fingerprint density at radius 1 is 1.38 bits per heavy atom. The van der Waals surface area contributed by atoms with Gasteiger partial charge in [-0.15, -0.1) is 0 Å². The fraction of sp³-hybridized carbons (Fsp3) is 0.917. The van der Waals surface area contributed by atoms with Crippen molar-refractivity contribution in [2.24, 2.45) is 0 Å². The number of likely N-dealkylation sites (N-methyl/N-ethyl adjacent to an activating group) is 2. The van der Waals surface area contributed by atoms with E-state index in [0.29, 0.717) is 6.04 Å². The standard InChI is InChI=1S/C12H23N3O/c1-14-8-4-5-10(9-14)15(2)12(16)11-6-3-7-13-11/h10-11,13H,3-9H2,1-2H3/t10?,11-/m0/s1. The maximum Gasteiger partial charge on any atom is 0.239 e. The smallest absolute Gasteiger partial charge is 0.239 e. The van der Waals surface area contributed by atoms with Gasteiger partial charge in [0.2, 0.25) is 5.91 Å². The molecule has 0 radical (unpaired) electrons. The van der Waals surface area contributed by atoms with Crippen LogP contribution in [0.3, 0.4) is 0 Å². The van der Waals surface area contributed by atoms with Crippen molar-refractivity contribution in [2.75, 3.05) is 33.7 Å². The zero-order chi connectivity index (χ0) is 11.5. The average molecular weight is 225 g/mol. The highest BCUT2D eigenvalue weighted by molar-refractivity contribution is 5.82. The number of rotatable bonds is 2. The Bertz CT molecular complexity index is 251. The molecule has 0 aromatic rings. The zero-order valence-corrected chi connectivity index (χ0v) is 10.4. The summed E-state index contributed by atoms with van der Waals surface area (Å²) in [4.78, 5) is 16.5. The lowest BCUT2D eigenvalue weighted by Gasteiger charge is -2.36. The van der Waals surface area contributed by atoms with Gasteiger partial charge in [0.05, 0.1) is 6.04 Å². The molecule has 16 heavy (non-hydrogen) atoms. The molecule has 1 amide bonds. The predicted octanol–water partition coefficient (Wildman–Crippen LogP) is 0.291. The van der Waals surface area contributed by atoms with E-state index in [9.17, 15) is 4.79 Å². The molecule has 2 rings (SSSR count). The van der Waals surface area contributed by atoms with Crippen LogP contribution in [0, 0.1) is 0 Å². The number of nitrogens with one attached hydrogen (secondary N) is 1. The molecule has 92 valence electrons. The largest absolute Gasteiger partial charge is 0.340 e. The minimum absolute atomic E-state index is 0.0808. The summed E-state index contributed by atoms with van der Waals surface area (Å²) < 4.78 is 0. The number of nitrogens with zero attached hydrogens (tertiary/aromatic N) is 2. The van der Waals surface area contributed by atoms with Gasteiger partial charge in [0, 0.05) is 19.6 Å². The van der Waals surface area contributed by atoms with Crippen LogP contribution in [0.25, 0.3) is 0 Å². The van der Waals surface area contributed by atoms with E-state index in [4.69, 9.17) is 0 Å². The second kappa shape index (κ2) is 5.15. The molecule has 2 saturated heterocycles. The lowest BCUT2D eigenvalue weighted by atomic mass is 10.0. The summed E-state index contributed by atoms with van der Waals surface area (Å²) in [5.41, 5.74) is 0. The normalized spacial score (nSPS) is 31.6. The minimum atomic E-state index is 0.0808. The summed E-state index contributed by atoms with van der Waals surface area (Å²) in [7, 11) is 4.10. The molecule has 2 atom stereocenters. The van der Waals surface area contributed by atoms with Gasteiger partial charge in [-0.05, 0) is 45.8 Å². The van der Waals surface area contributed by atoms with Crippen molar-refractivity contribution in [3.05, 3.63) is 0 Å². The van der Waals surface area contributed by atoms with Crippen LogP contribution >= 0.6 is 0 Å². The monoisotopic (exact) mass is 225 g/mol. The second-order valence-corrected chi connectivity index (χ2v) is 5.16. The zero-order valence-electron chi connectivity index (χ0n) is 10.4. The highest BCUT2D eigenvalue weighted by Gasteiger charge is 2.30. The van der Waals surface area contributed by atoms with Crippen LogP contribution in [0.15, 0.2) is 0 Å². The Hall–Kier alpha value is -0.610. The summed E-state index contributed by atoms with van der Waals surface area (Å²) in [6, 6.07) is 0.492. The van der Waals surface area contributed by atoms with Crippen LogP contribution in [0.4, 0.5) is 0 Å². The lowest BCUT2D eigenvalue weighted by Crippen LogP contribution is -2.51. The third kappa shape index (κ3) is 2.55. The third-order valence-electron chi connectivity index (χ3n) is 3.85. The van der Waals surface area contributed by atoms with Crippen molar-refractivity contribution in [2.45, 2.75) is 37.8 Å². The van der Waals surface area contributed by atoms with E-state index < -0.39 is 0 Å². The first-order valence-corrected chi connectivity index (χ1v) is 6.37. The van der Waals surface area contributed by atoms with Crippen molar-refractivity contribution >= 4 is 5.91 Å². The lowest BCUT2D eigenvalue weighted by molar-refractivity contribution is -0.134. The van der Waals surface area contributed by atoms with Gasteiger partial charge in [-0.25, -0.2) is 0 Å². The Morgan fingerprint density at radius 3 is 2.81 bits per heavy atom. The average Bonchev–Trinajstić information content (AvgIpc) is 2.80. The molecule has 0 saturated carbocycles. The van der Waals surface area contributed by atoms with Crippen LogP contribution in [0.5, 0.6) is 0 Å². The van der Waals surface area contributed by atoms with E-state index in [0.717, 1.165) is 32.4 Å². The summed E-state index contributed by atoms with van der Waals surface area (Å²) in [6.45, 7) is 3.18. The Balaban J connectivity index is 1.89. The number of amides is 1. The predicted molar refractivity (Wildman–Crippen MR) is 64.3 cm³/mol. The molecule has 0 bridgehead atoms. The van der Waals surface area contributed by atoms with Gasteiger partial charge >= 0.3 is 0 Å². The maximum absolute atomic E-state index is 12.2. The molecule has 2 fully saturated rings. The number of likely N-dealkylation sites (tertiary alicyclic amines) is 1. The van der Waals surface area contributed by atoms with Crippen molar-refractivity contribution < 1.29 is 4.79 Å². The fourth-order valence-electron chi connectivity index (χ4n) is 2.78. The van der Waals surface area contributed by atoms with Crippen molar-refractivity contribution in [3.63, 3.8) is 0 Å². The fourth-order valence-corrected chi connectivity index (χ4v) is 2.78. The Kier molecular flexibility index (Phi) is 3.82. The van der Waals surface area contributed by atoms with Gasteiger partial charge in [-0.3, -0.25) is 4.79 Å². The van der Waals surface area contributed by atoms with Crippen molar-refractivity contribution in [1.82, 2.24) is 15.1 Å². The van der Waals surface area contributed by atoms with Crippen molar-refractivity contribution in [3.8, 4) is 0 Å². The highest BCUT2D eigenvalue weighted by atomic mass is 16.2. The number of carbonyl (C=O) groups is 1. The summed E-state index contributed by atoms with van der Waals surface area (Å²) >= 11 is 0. The van der Waals surface area contributed by atoms with Gasteiger partial charge in [0.25, 0.3) is 0 Å². The first-order chi connectivity index (χ1) is 7.68. The minimum Gasteiger partial charge on any atom is -0.340 e. The van der Waals surface area contributed by atoms with Crippen LogP contribution in [0.1, 0.15) is 25.7 Å². The molecule has 1 unspecified atom stereocenters. The SMILES string of the molecule is CN1CCCC(N(C)C(=O)[C@@H]2CCCN2)C1. The topological polar surface area (TPSA) is 35.6 Å². The van der Waals surface area contributed by atoms with Crippen molar-refractivity contribution in [1.29, 1.82) is 0 Å². The highest BCUT2D eigenvalue weighted by Crippen LogP contribution is 2.16. The first-order valence-electron chi connectivity index (χ1n) is 6.37. The molecular formula is C12H23N3O. The van der Waals surface area contributed by atoms with Crippen LogP contribution in [-0.2, 0) is 4.79 Å². The summed E-state index contributed by atoms with van der Waals surface area (Å²) in [5.74, 6) is 0.290. The number of carbonyl (C=O) groups excluding carboxylic acids is 1. The second-order valence-electron chi connectivity index (χ2n) is 5.16. The molecule has 2 aliphatic rings. The Labute approximate surface area is 98.0 Å². The molecule has 2 heterocycles. The van der Waals surface area contributed by atoms with E-state index in [1.165, 1.54) is 13.0 Å². The molecule has 4 nitrogen and oxygen atoms in total. The molecule has 0 aliphatic carbocycles. The van der Waals surface area contributed by atoms with Gasteiger partial charge in [0.15, 0.2) is 0 Å². The Morgan fingerprint density at radius 2 is 2.19 bits per heavy atom. The van der Waals surface area contributed by atoms with E-state index in [2.05, 4.69) is 17.3 Å². The number of hydrogen-bond acceptors (Lipinski definition) is 3. The maximum atomic E-state index is 12.2. The van der Waals surface area contributed by atoms with Gasteiger partial charge in [0.1, 0.15) is 0 Å².